The van der Waals surface area contributed by atoms with Crippen molar-refractivity contribution >= 4 is 23.3 Å². The Labute approximate surface area is 113 Å². The average Bonchev–Trinajstić information content (AvgIpc) is 2.73. The number of para-hydroxylation sites is 1. The number of amides is 3. The first-order valence-corrected chi connectivity index (χ1v) is 5.63. The molecule has 0 saturated carbocycles. The lowest BCUT2D eigenvalue weighted by Gasteiger charge is -2.07. The summed E-state index contributed by atoms with van der Waals surface area (Å²) in [4.78, 5) is 22.9. The molecular weight excluding hydrogens is 265 g/mol. The SMILES string of the molecule is Cn1cc(NC(=O)Nc2ccccc2F)c(C(N)=O)n1. The summed E-state index contributed by atoms with van der Waals surface area (Å²) in [6.45, 7) is 0. The smallest absolute Gasteiger partial charge is 0.323 e. The van der Waals surface area contributed by atoms with Crippen LogP contribution in [0.5, 0.6) is 0 Å². The fraction of sp³-hybridized carbons (Fsp3) is 0.0833. The molecule has 0 aliphatic rings. The second-order valence-corrected chi connectivity index (χ2v) is 3.99. The maximum absolute atomic E-state index is 13.4. The number of hydrogen-bond donors (Lipinski definition) is 3. The van der Waals surface area contributed by atoms with Gasteiger partial charge < -0.3 is 16.4 Å². The highest BCUT2D eigenvalue weighted by molar-refractivity contribution is 6.05. The van der Waals surface area contributed by atoms with Crippen molar-refractivity contribution in [3.63, 3.8) is 0 Å². The van der Waals surface area contributed by atoms with Gasteiger partial charge in [0, 0.05) is 13.2 Å². The Morgan fingerprint density at radius 3 is 2.55 bits per heavy atom. The van der Waals surface area contributed by atoms with E-state index >= 15 is 0 Å². The normalized spacial score (nSPS) is 10.1. The standard InChI is InChI=1S/C12H12FN5O2/c1-18-6-9(10(17-18)11(14)19)16-12(20)15-8-5-3-2-4-7(8)13/h2-6H,1H3,(H2,14,19)(H2,15,16,20). The number of benzene rings is 1. The van der Waals surface area contributed by atoms with Crippen LogP contribution in [-0.2, 0) is 7.05 Å². The molecule has 2 aromatic rings. The molecule has 8 heteroatoms. The number of primary amides is 1. The van der Waals surface area contributed by atoms with Crippen LogP contribution in [0, 0.1) is 5.82 Å². The van der Waals surface area contributed by atoms with E-state index < -0.39 is 17.8 Å². The molecule has 104 valence electrons. The van der Waals surface area contributed by atoms with Crippen molar-refractivity contribution in [2.75, 3.05) is 10.6 Å². The van der Waals surface area contributed by atoms with Gasteiger partial charge in [-0.1, -0.05) is 12.1 Å². The number of hydrogen-bond acceptors (Lipinski definition) is 3. The molecule has 1 aromatic carbocycles. The molecule has 1 aromatic heterocycles. The van der Waals surface area contributed by atoms with Crippen molar-refractivity contribution in [2.24, 2.45) is 12.8 Å². The molecular formula is C12H12FN5O2. The van der Waals surface area contributed by atoms with Gasteiger partial charge in [-0.3, -0.25) is 9.48 Å². The predicted molar refractivity (Wildman–Crippen MR) is 70.8 cm³/mol. The van der Waals surface area contributed by atoms with Gasteiger partial charge in [-0.15, -0.1) is 0 Å². The highest BCUT2D eigenvalue weighted by Crippen LogP contribution is 2.15. The molecule has 0 aliphatic carbocycles. The molecule has 1 heterocycles. The second kappa shape index (κ2) is 5.39. The van der Waals surface area contributed by atoms with E-state index in [2.05, 4.69) is 15.7 Å². The van der Waals surface area contributed by atoms with E-state index in [1.54, 1.807) is 13.1 Å². The van der Waals surface area contributed by atoms with Gasteiger partial charge in [0.2, 0.25) is 0 Å². The summed E-state index contributed by atoms with van der Waals surface area (Å²) in [7, 11) is 1.58. The van der Waals surface area contributed by atoms with Gasteiger partial charge in [0.1, 0.15) is 5.82 Å². The maximum Gasteiger partial charge on any atom is 0.323 e. The molecule has 0 bridgehead atoms. The van der Waals surface area contributed by atoms with E-state index in [4.69, 9.17) is 5.73 Å². The molecule has 0 unspecified atom stereocenters. The zero-order chi connectivity index (χ0) is 14.7. The van der Waals surface area contributed by atoms with Gasteiger partial charge in [0.05, 0.1) is 11.4 Å². The summed E-state index contributed by atoms with van der Waals surface area (Å²) in [5, 5.41) is 8.52. The number of rotatable bonds is 3. The molecule has 2 rings (SSSR count). The monoisotopic (exact) mass is 277 g/mol. The number of nitrogens with one attached hydrogen (secondary N) is 2. The van der Waals surface area contributed by atoms with Crippen molar-refractivity contribution in [1.82, 2.24) is 9.78 Å². The molecule has 4 N–H and O–H groups in total. The predicted octanol–water partition coefficient (Wildman–Crippen LogP) is 1.30. The third-order valence-corrected chi connectivity index (χ3v) is 2.43. The maximum atomic E-state index is 13.4. The van der Waals surface area contributed by atoms with Crippen LogP contribution in [0.1, 0.15) is 10.5 Å². The quantitative estimate of drug-likeness (QED) is 0.788. The zero-order valence-corrected chi connectivity index (χ0v) is 10.6. The summed E-state index contributed by atoms with van der Waals surface area (Å²) in [6, 6.07) is 5.01. The number of urea groups is 1. The van der Waals surface area contributed by atoms with Crippen LogP contribution in [0.2, 0.25) is 0 Å². The minimum Gasteiger partial charge on any atom is -0.364 e. The minimum absolute atomic E-state index is 0.0227. The van der Waals surface area contributed by atoms with Gasteiger partial charge in [-0.25, -0.2) is 9.18 Å². The first-order chi connectivity index (χ1) is 9.47. The van der Waals surface area contributed by atoms with Crippen molar-refractivity contribution in [1.29, 1.82) is 0 Å². The van der Waals surface area contributed by atoms with Gasteiger partial charge in [0.25, 0.3) is 5.91 Å². The fourth-order valence-electron chi connectivity index (χ4n) is 1.60. The Bertz CT molecular complexity index is 668. The van der Waals surface area contributed by atoms with Crippen LogP contribution in [0.25, 0.3) is 0 Å². The Hall–Kier alpha value is -2.90. The third kappa shape index (κ3) is 2.91. The van der Waals surface area contributed by atoms with E-state index in [0.29, 0.717) is 0 Å². The lowest BCUT2D eigenvalue weighted by atomic mass is 10.3. The van der Waals surface area contributed by atoms with Gasteiger partial charge in [0.15, 0.2) is 5.69 Å². The zero-order valence-electron chi connectivity index (χ0n) is 10.6. The average molecular weight is 277 g/mol. The van der Waals surface area contributed by atoms with Crippen LogP contribution >= 0.6 is 0 Å². The first-order valence-electron chi connectivity index (χ1n) is 5.63. The van der Waals surface area contributed by atoms with Gasteiger partial charge in [-0.05, 0) is 12.1 Å². The largest absolute Gasteiger partial charge is 0.364 e. The molecule has 7 nitrogen and oxygen atoms in total. The second-order valence-electron chi connectivity index (χ2n) is 3.99. The first kappa shape index (κ1) is 13.5. The summed E-state index contributed by atoms with van der Waals surface area (Å²) in [6.07, 6.45) is 1.42. The van der Waals surface area contributed by atoms with Crippen LogP contribution in [0.15, 0.2) is 30.5 Å². The lowest BCUT2D eigenvalue weighted by molar-refractivity contribution is 0.0995. The molecule has 0 saturated heterocycles. The van der Waals surface area contributed by atoms with E-state index in [-0.39, 0.29) is 17.1 Å². The number of nitrogens with two attached hydrogens (primary N) is 1. The Kier molecular flexibility index (Phi) is 3.65. The summed E-state index contributed by atoms with van der Waals surface area (Å²) in [5.41, 5.74) is 5.23. The van der Waals surface area contributed by atoms with E-state index in [1.807, 2.05) is 0 Å². The number of carbonyl (C=O) groups is 2. The van der Waals surface area contributed by atoms with Gasteiger partial charge in [-0.2, -0.15) is 5.10 Å². The Balaban J connectivity index is 2.13. The van der Waals surface area contributed by atoms with Crippen molar-refractivity contribution in [3.05, 3.63) is 42.0 Å². The molecule has 3 amide bonds. The van der Waals surface area contributed by atoms with Crippen molar-refractivity contribution in [2.45, 2.75) is 0 Å². The van der Waals surface area contributed by atoms with E-state index in [9.17, 15) is 14.0 Å². The number of halogens is 1. The molecule has 0 spiro atoms. The number of aromatic nitrogens is 2. The highest BCUT2D eigenvalue weighted by Gasteiger charge is 2.15. The number of carbonyl (C=O) groups excluding carboxylic acids is 2. The Morgan fingerprint density at radius 1 is 1.25 bits per heavy atom. The molecule has 20 heavy (non-hydrogen) atoms. The molecule has 0 atom stereocenters. The molecule has 0 radical (unpaired) electrons. The van der Waals surface area contributed by atoms with Crippen molar-refractivity contribution < 1.29 is 14.0 Å². The summed E-state index contributed by atoms with van der Waals surface area (Å²) >= 11 is 0. The molecule has 0 aliphatic heterocycles. The molecule has 0 fully saturated rings. The highest BCUT2D eigenvalue weighted by atomic mass is 19.1. The minimum atomic E-state index is -0.771. The fourth-order valence-corrected chi connectivity index (χ4v) is 1.60. The lowest BCUT2D eigenvalue weighted by Crippen LogP contribution is -2.22. The number of nitrogens with zero attached hydrogens (tertiary/aromatic N) is 2. The number of aryl methyl sites for hydroxylation is 1. The Morgan fingerprint density at radius 2 is 1.90 bits per heavy atom. The summed E-state index contributed by atoms with van der Waals surface area (Å²) < 4.78 is 14.7. The third-order valence-electron chi connectivity index (χ3n) is 2.43. The van der Waals surface area contributed by atoms with Gasteiger partial charge >= 0.3 is 6.03 Å². The van der Waals surface area contributed by atoms with E-state index in [0.717, 1.165) is 0 Å². The number of anilines is 2. The van der Waals surface area contributed by atoms with E-state index in [1.165, 1.54) is 29.1 Å². The van der Waals surface area contributed by atoms with Crippen molar-refractivity contribution in [3.8, 4) is 0 Å². The van der Waals surface area contributed by atoms with Crippen LogP contribution < -0.4 is 16.4 Å². The van der Waals surface area contributed by atoms with Crippen LogP contribution in [-0.4, -0.2) is 21.7 Å². The topological polar surface area (TPSA) is 102 Å². The van der Waals surface area contributed by atoms with Crippen LogP contribution in [0.3, 0.4) is 0 Å². The summed E-state index contributed by atoms with van der Waals surface area (Å²) in [5.74, 6) is -1.34. The van der Waals surface area contributed by atoms with Crippen LogP contribution in [0.4, 0.5) is 20.6 Å².